The van der Waals surface area contributed by atoms with Crippen LogP contribution in [0.2, 0.25) is 37.8 Å². The zero-order valence-corrected chi connectivity index (χ0v) is 23.5. The van der Waals surface area contributed by atoms with E-state index in [1.807, 2.05) is 0 Å². The zero-order valence-electron chi connectivity index (χ0n) is 21.5. The Morgan fingerprint density at radius 3 is 1.59 bits per heavy atom. The van der Waals surface area contributed by atoms with E-state index < -0.39 is 16.1 Å². The molecule has 1 heterocycles. The molecular weight excluding hydrogens is 384 g/mol. The van der Waals surface area contributed by atoms with Crippen LogP contribution in [-0.2, 0) is 6.42 Å². The molecule has 3 heteroatoms. The van der Waals surface area contributed by atoms with E-state index in [2.05, 4.69) is 66.7 Å². The topological polar surface area (TPSA) is 13.1 Å². The summed E-state index contributed by atoms with van der Waals surface area (Å²) < 4.78 is 6.29. The third kappa shape index (κ3) is 8.40. The summed E-state index contributed by atoms with van der Waals surface area (Å²) in [5, 5.41) is 3.35. The highest BCUT2D eigenvalue weighted by molar-refractivity contribution is 6.94. The smallest absolute Gasteiger partial charge is 0.123 e. The molecule has 0 spiro atoms. The molecule has 0 fully saturated rings. The van der Waals surface area contributed by atoms with E-state index in [1.165, 1.54) is 82.4 Å². The van der Waals surface area contributed by atoms with E-state index in [0.717, 1.165) is 0 Å². The molecule has 170 valence electrons. The summed E-state index contributed by atoms with van der Waals surface area (Å²) in [6, 6.07) is 0. The fraction of sp³-hybridized carbons (Fsp3) is 0.846. The zero-order chi connectivity index (χ0) is 22.1. The Labute approximate surface area is 185 Å². The van der Waals surface area contributed by atoms with Gasteiger partial charge in [0.25, 0.3) is 0 Å². The summed E-state index contributed by atoms with van der Waals surface area (Å²) in [5.74, 6) is 0. The van der Waals surface area contributed by atoms with Crippen molar-refractivity contribution in [1.29, 1.82) is 0 Å². The largest absolute Gasteiger partial charge is 0.474 e. The van der Waals surface area contributed by atoms with Crippen molar-refractivity contribution in [3.8, 4) is 0 Å². The van der Waals surface area contributed by atoms with Crippen molar-refractivity contribution < 1.29 is 4.42 Å². The lowest BCUT2D eigenvalue weighted by Gasteiger charge is -2.37. The van der Waals surface area contributed by atoms with Gasteiger partial charge in [0.05, 0.1) is 19.7 Å². The number of hydrogen-bond acceptors (Lipinski definition) is 1. The van der Waals surface area contributed by atoms with Crippen molar-refractivity contribution in [1.82, 2.24) is 0 Å². The summed E-state index contributed by atoms with van der Waals surface area (Å²) >= 11 is 0. The van der Waals surface area contributed by atoms with Gasteiger partial charge >= 0.3 is 0 Å². The van der Waals surface area contributed by atoms with Crippen LogP contribution in [-0.4, -0.2) is 16.1 Å². The highest BCUT2D eigenvalue weighted by Gasteiger charge is 2.41. The standard InChI is InChI=1S/C26H52OSi2/c1-10-11-12-13-14-15-16-17-18-19-20-21-23-24(29(8,9)26(2,3)4)22-27-25(23)28(5,6)7/h22H,10-21H2,1-9H3. The van der Waals surface area contributed by atoms with Crippen molar-refractivity contribution in [3.05, 3.63) is 11.8 Å². The summed E-state index contributed by atoms with van der Waals surface area (Å²) in [6.45, 7) is 21.9. The molecule has 1 rings (SSSR count). The number of unbranched alkanes of at least 4 members (excludes halogenated alkanes) is 10. The fourth-order valence-corrected chi connectivity index (χ4v) is 8.01. The predicted octanol–water partition coefficient (Wildman–Crippen LogP) is 8.39. The molecule has 0 amide bonds. The Bertz CT molecular complexity index is 573. The second-order valence-corrected chi connectivity index (χ2v) is 22.1. The Balaban J connectivity index is 2.55. The Kier molecular flexibility index (Phi) is 11.0. The third-order valence-corrected chi connectivity index (χ3v) is 14.5. The molecule has 0 bridgehead atoms. The minimum atomic E-state index is -1.56. The average molecular weight is 437 g/mol. The molecule has 1 aromatic rings. The van der Waals surface area contributed by atoms with E-state index in [4.69, 9.17) is 4.42 Å². The Hall–Kier alpha value is -0.286. The Morgan fingerprint density at radius 2 is 1.17 bits per heavy atom. The van der Waals surface area contributed by atoms with Crippen molar-refractivity contribution in [2.75, 3.05) is 0 Å². The van der Waals surface area contributed by atoms with E-state index >= 15 is 0 Å². The Morgan fingerprint density at radius 1 is 0.724 bits per heavy atom. The molecule has 29 heavy (non-hydrogen) atoms. The number of rotatable bonds is 14. The van der Waals surface area contributed by atoms with Crippen molar-refractivity contribution in [2.45, 2.75) is 143 Å². The van der Waals surface area contributed by atoms with Crippen LogP contribution in [0.1, 0.15) is 104 Å². The van der Waals surface area contributed by atoms with E-state index in [9.17, 15) is 0 Å². The average Bonchev–Trinajstić information content (AvgIpc) is 3.03. The highest BCUT2D eigenvalue weighted by atomic mass is 28.3. The first-order valence-electron chi connectivity index (χ1n) is 12.5. The van der Waals surface area contributed by atoms with E-state index in [-0.39, 0.29) is 0 Å². The quantitative estimate of drug-likeness (QED) is 0.211. The van der Waals surface area contributed by atoms with Crippen LogP contribution >= 0.6 is 0 Å². The van der Waals surface area contributed by atoms with Gasteiger partial charge in [0, 0.05) is 0 Å². The second-order valence-electron chi connectivity index (χ2n) is 11.9. The summed E-state index contributed by atoms with van der Waals surface area (Å²) in [6.07, 6.45) is 18.9. The van der Waals surface area contributed by atoms with Gasteiger partial charge < -0.3 is 4.42 Å². The molecule has 1 aromatic heterocycles. The van der Waals surface area contributed by atoms with E-state index in [1.54, 1.807) is 10.8 Å². The summed E-state index contributed by atoms with van der Waals surface area (Å²) in [4.78, 5) is 0. The summed E-state index contributed by atoms with van der Waals surface area (Å²) in [7, 11) is -2.99. The monoisotopic (exact) mass is 436 g/mol. The molecule has 0 aliphatic heterocycles. The van der Waals surface area contributed by atoms with Crippen LogP contribution in [0.25, 0.3) is 0 Å². The lowest BCUT2D eigenvalue weighted by Crippen LogP contribution is -2.52. The maximum absolute atomic E-state index is 6.29. The molecule has 0 radical (unpaired) electrons. The van der Waals surface area contributed by atoms with Crippen molar-refractivity contribution in [3.63, 3.8) is 0 Å². The van der Waals surface area contributed by atoms with Crippen LogP contribution in [0.15, 0.2) is 10.7 Å². The molecule has 0 atom stereocenters. The molecule has 0 unspecified atom stereocenters. The third-order valence-electron chi connectivity index (χ3n) is 7.15. The lowest BCUT2D eigenvalue weighted by molar-refractivity contribution is 0.549. The van der Waals surface area contributed by atoms with Gasteiger partial charge in [-0.2, -0.15) is 0 Å². The highest BCUT2D eigenvalue weighted by Crippen LogP contribution is 2.36. The predicted molar refractivity (Wildman–Crippen MR) is 139 cm³/mol. The van der Waals surface area contributed by atoms with Gasteiger partial charge in [-0.15, -0.1) is 0 Å². The van der Waals surface area contributed by atoms with Crippen LogP contribution in [0.5, 0.6) is 0 Å². The SMILES string of the molecule is CCCCCCCCCCCCCc1c([Si](C)(C)C(C)(C)C)coc1[Si](C)(C)C. The molecule has 0 saturated carbocycles. The lowest BCUT2D eigenvalue weighted by atomic mass is 10.0. The van der Waals surface area contributed by atoms with Crippen LogP contribution in [0.3, 0.4) is 0 Å². The van der Waals surface area contributed by atoms with E-state index in [0.29, 0.717) is 5.04 Å². The first-order chi connectivity index (χ1) is 13.4. The van der Waals surface area contributed by atoms with Crippen LogP contribution in [0.4, 0.5) is 0 Å². The van der Waals surface area contributed by atoms with Crippen molar-refractivity contribution >= 4 is 26.7 Å². The second kappa shape index (κ2) is 11.9. The molecular formula is C26H52OSi2. The fourth-order valence-electron chi connectivity index (χ4n) is 4.15. The first-order valence-corrected chi connectivity index (χ1v) is 19.0. The molecule has 0 N–H and O–H groups in total. The minimum Gasteiger partial charge on any atom is -0.474 e. The van der Waals surface area contributed by atoms with Gasteiger partial charge in [-0.25, -0.2) is 0 Å². The van der Waals surface area contributed by atoms with Crippen LogP contribution < -0.4 is 10.6 Å². The molecule has 1 nitrogen and oxygen atoms in total. The van der Waals surface area contributed by atoms with Gasteiger partial charge in [0.2, 0.25) is 0 Å². The maximum atomic E-state index is 6.29. The van der Waals surface area contributed by atoms with Crippen LogP contribution in [0, 0.1) is 0 Å². The van der Waals surface area contributed by atoms with Gasteiger partial charge in [-0.3, -0.25) is 0 Å². The van der Waals surface area contributed by atoms with Crippen molar-refractivity contribution in [2.24, 2.45) is 0 Å². The molecule has 0 aliphatic rings. The van der Waals surface area contributed by atoms with Gasteiger partial charge in [0.15, 0.2) is 0 Å². The molecule has 0 aromatic carbocycles. The first kappa shape index (κ1) is 26.7. The van der Waals surface area contributed by atoms with Gasteiger partial charge in [-0.1, -0.05) is 125 Å². The van der Waals surface area contributed by atoms with Gasteiger partial charge in [-0.05, 0) is 28.6 Å². The number of furan rings is 1. The number of hydrogen-bond donors (Lipinski definition) is 0. The van der Waals surface area contributed by atoms with Gasteiger partial charge in [0.1, 0.15) is 8.07 Å². The normalized spacial score (nSPS) is 13.3. The molecule has 0 aliphatic carbocycles. The summed E-state index contributed by atoms with van der Waals surface area (Å²) in [5.41, 5.74) is 1.62. The minimum absolute atomic E-state index is 0.361. The molecule has 0 saturated heterocycles. The maximum Gasteiger partial charge on any atom is 0.123 e.